The smallest absolute Gasteiger partial charge is 0.394 e. The molecule has 1 amide bonds. The molecule has 2 aromatic rings. The van der Waals surface area contributed by atoms with Crippen molar-refractivity contribution in [2.75, 3.05) is 6.61 Å². The minimum atomic E-state index is -4.44. The SMILES string of the molecule is O=C(Cc1cccc(C(F)(F)F)c1)N[C@H](CO)Cc1ccncc1. The minimum absolute atomic E-state index is 0.184. The number of halogens is 3. The van der Waals surface area contributed by atoms with E-state index in [0.717, 1.165) is 17.7 Å². The molecule has 0 aliphatic carbocycles. The molecular formula is C17H17F3N2O2. The van der Waals surface area contributed by atoms with E-state index in [2.05, 4.69) is 10.3 Å². The minimum Gasteiger partial charge on any atom is -0.394 e. The molecule has 1 heterocycles. The quantitative estimate of drug-likeness (QED) is 0.850. The Morgan fingerprint density at radius 1 is 1.17 bits per heavy atom. The summed E-state index contributed by atoms with van der Waals surface area (Å²) >= 11 is 0. The van der Waals surface area contributed by atoms with Gasteiger partial charge >= 0.3 is 6.18 Å². The summed E-state index contributed by atoms with van der Waals surface area (Å²) in [6, 6.07) is 7.67. The zero-order valence-electron chi connectivity index (χ0n) is 12.8. The molecule has 2 rings (SSSR count). The first-order chi connectivity index (χ1) is 11.4. The van der Waals surface area contributed by atoms with Gasteiger partial charge in [-0.15, -0.1) is 0 Å². The van der Waals surface area contributed by atoms with Gasteiger partial charge in [-0.2, -0.15) is 13.2 Å². The second-order valence-corrected chi connectivity index (χ2v) is 5.38. The van der Waals surface area contributed by atoms with Crippen LogP contribution in [0, 0.1) is 0 Å². The van der Waals surface area contributed by atoms with Gasteiger partial charge in [-0.3, -0.25) is 9.78 Å². The van der Waals surface area contributed by atoms with Crippen LogP contribution in [-0.4, -0.2) is 28.6 Å². The van der Waals surface area contributed by atoms with Crippen molar-refractivity contribution >= 4 is 5.91 Å². The van der Waals surface area contributed by atoms with Crippen LogP contribution in [0.4, 0.5) is 13.2 Å². The van der Waals surface area contributed by atoms with Gasteiger partial charge in [0.25, 0.3) is 0 Å². The summed E-state index contributed by atoms with van der Waals surface area (Å²) < 4.78 is 38.0. The molecule has 0 spiro atoms. The average molecular weight is 338 g/mol. The van der Waals surface area contributed by atoms with Crippen LogP contribution in [0.2, 0.25) is 0 Å². The van der Waals surface area contributed by atoms with E-state index in [1.54, 1.807) is 24.5 Å². The number of pyridine rings is 1. The van der Waals surface area contributed by atoms with Crippen molar-refractivity contribution in [3.8, 4) is 0 Å². The molecule has 0 bridgehead atoms. The van der Waals surface area contributed by atoms with Crippen LogP contribution in [0.1, 0.15) is 16.7 Å². The highest BCUT2D eigenvalue weighted by Crippen LogP contribution is 2.29. The zero-order chi connectivity index (χ0) is 17.6. The number of rotatable bonds is 6. The van der Waals surface area contributed by atoms with Crippen molar-refractivity contribution in [2.24, 2.45) is 0 Å². The van der Waals surface area contributed by atoms with Crippen molar-refractivity contribution in [3.05, 3.63) is 65.5 Å². The number of aromatic nitrogens is 1. The Morgan fingerprint density at radius 2 is 1.88 bits per heavy atom. The number of aliphatic hydroxyl groups is 1. The Kier molecular flexibility index (Phi) is 5.92. The molecule has 0 aliphatic rings. The number of benzene rings is 1. The summed E-state index contributed by atoms with van der Waals surface area (Å²) in [5, 5.41) is 12.0. The molecule has 0 fully saturated rings. The lowest BCUT2D eigenvalue weighted by atomic mass is 10.1. The average Bonchev–Trinajstić information content (AvgIpc) is 2.54. The van der Waals surface area contributed by atoms with E-state index >= 15 is 0 Å². The van der Waals surface area contributed by atoms with E-state index in [1.165, 1.54) is 12.1 Å². The lowest BCUT2D eigenvalue weighted by molar-refractivity contribution is -0.137. The lowest BCUT2D eigenvalue weighted by Crippen LogP contribution is -2.39. The van der Waals surface area contributed by atoms with E-state index in [1.807, 2.05) is 0 Å². The number of nitrogens with one attached hydrogen (secondary N) is 1. The van der Waals surface area contributed by atoms with E-state index in [-0.39, 0.29) is 18.6 Å². The van der Waals surface area contributed by atoms with Gasteiger partial charge in [-0.1, -0.05) is 18.2 Å². The van der Waals surface area contributed by atoms with Gasteiger partial charge in [-0.05, 0) is 35.7 Å². The number of amides is 1. The standard InChI is InChI=1S/C17H17F3N2O2/c18-17(19,20)14-3-1-2-13(8-14)10-16(24)22-15(11-23)9-12-4-6-21-7-5-12/h1-8,15,23H,9-11H2,(H,22,24)/t15-/m0/s1. The van der Waals surface area contributed by atoms with Crippen molar-refractivity contribution < 1.29 is 23.1 Å². The predicted octanol–water partition coefficient (Wildman–Crippen LogP) is 2.36. The van der Waals surface area contributed by atoms with Crippen molar-refractivity contribution in [1.29, 1.82) is 0 Å². The number of nitrogens with zero attached hydrogens (tertiary/aromatic N) is 1. The van der Waals surface area contributed by atoms with E-state index < -0.39 is 23.7 Å². The van der Waals surface area contributed by atoms with Crippen molar-refractivity contribution in [1.82, 2.24) is 10.3 Å². The van der Waals surface area contributed by atoms with Gasteiger partial charge in [0, 0.05) is 12.4 Å². The van der Waals surface area contributed by atoms with Crippen LogP contribution in [0.3, 0.4) is 0 Å². The zero-order valence-corrected chi connectivity index (χ0v) is 12.8. The van der Waals surface area contributed by atoms with Gasteiger partial charge < -0.3 is 10.4 Å². The molecule has 24 heavy (non-hydrogen) atoms. The fourth-order valence-electron chi connectivity index (χ4n) is 2.29. The number of alkyl halides is 3. The van der Waals surface area contributed by atoms with Crippen molar-refractivity contribution in [3.63, 3.8) is 0 Å². The summed E-state index contributed by atoms with van der Waals surface area (Å²) in [6.45, 7) is -0.267. The highest BCUT2D eigenvalue weighted by molar-refractivity contribution is 5.79. The number of carbonyl (C=O) groups is 1. The maximum absolute atomic E-state index is 12.7. The molecule has 4 nitrogen and oxygen atoms in total. The van der Waals surface area contributed by atoms with Crippen LogP contribution in [0.5, 0.6) is 0 Å². The number of carbonyl (C=O) groups excluding carboxylic acids is 1. The largest absolute Gasteiger partial charge is 0.416 e. The first kappa shape index (κ1) is 17.9. The Balaban J connectivity index is 1.96. The first-order valence-corrected chi connectivity index (χ1v) is 7.33. The maximum Gasteiger partial charge on any atom is 0.416 e. The molecule has 7 heteroatoms. The van der Waals surface area contributed by atoms with Gasteiger partial charge in [0.05, 0.1) is 24.6 Å². The predicted molar refractivity (Wildman–Crippen MR) is 82.1 cm³/mol. The summed E-state index contributed by atoms with van der Waals surface area (Å²) in [5.74, 6) is -0.442. The van der Waals surface area contributed by atoms with Crippen molar-refractivity contribution in [2.45, 2.75) is 25.1 Å². The van der Waals surface area contributed by atoms with Crippen LogP contribution in [0.25, 0.3) is 0 Å². The van der Waals surface area contributed by atoms with Crippen LogP contribution < -0.4 is 5.32 Å². The molecule has 0 radical (unpaired) electrons. The molecular weight excluding hydrogens is 321 g/mol. The third-order valence-corrected chi connectivity index (χ3v) is 3.44. The Labute approximate surface area is 137 Å². The molecule has 128 valence electrons. The van der Waals surface area contributed by atoms with E-state index in [9.17, 15) is 23.1 Å². The highest BCUT2D eigenvalue weighted by atomic mass is 19.4. The monoisotopic (exact) mass is 338 g/mol. The third-order valence-electron chi connectivity index (χ3n) is 3.44. The van der Waals surface area contributed by atoms with E-state index in [0.29, 0.717) is 6.42 Å². The van der Waals surface area contributed by atoms with Gasteiger partial charge in [-0.25, -0.2) is 0 Å². The Bertz CT molecular complexity index is 675. The molecule has 0 unspecified atom stereocenters. The van der Waals surface area contributed by atoms with Crippen LogP contribution in [0.15, 0.2) is 48.8 Å². The molecule has 1 aromatic heterocycles. The molecule has 0 saturated carbocycles. The Morgan fingerprint density at radius 3 is 2.50 bits per heavy atom. The Hall–Kier alpha value is -2.41. The number of aliphatic hydroxyl groups excluding tert-OH is 1. The second-order valence-electron chi connectivity index (χ2n) is 5.38. The summed E-state index contributed by atoms with van der Waals surface area (Å²) in [4.78, 5) is 15.9. The summed E-state index contributed by atoms with van der Waals surface area (Å²) in [6.07, 6.45) is -1.01. The van der Waals surface area contributed by atoms with E-state index in [4.69, 9.17) is 0 Å². The van der Waals surface area contributed by atoms with Crippen LogP contribution >= 0.6 is 0 Å². The molecule has 2 N–H and O–H groups in total. The maximum atomic E-state index is 12.7. The summed E-state index contributed by atoms with van der Waals surface area (Å²) in [7, 11) is 0. The van der Waals surface area contributed by atoms with Crippen LogP contribution in [-0.2, 0) is 23.8 Å². The van der Waals surface area contributed by atoms with Gasteiger partial charge in [0.1, 0.15) is 0 Å². The molecule has 0 aliphatic heterocycles. The fraction of sp³-hybridized carbons (Fsp3) is 0.294. The first-order valence-electron chi connectivity index (χ1n) is 7.33. The number of hydrogen-bond donors (Lipinski definition) is 2. The highest BCUT2D eigenvalue weighted by Gasteiger charge is 2.30. The number of hydrogen-bond acceptors (Lipinski definition) is 3. The topological polar surface area (TPSA) is 62.2 Å². The molecule has 1 atom stereocenters. The van der Waals surface area contributed by atoms with Gasteiger partial charge in [0.15, 0.2) is 0 Å². The summed E-state index contributed by atoms with van der Waals surface area (Å²) in [5.41, 5.74) is 0.370. The molecule has 0 saturated heterocycles. The fourth-order valence-corrected chi connectivity index (χ4v) is 2.29. The lowest BCUT2D eigenvalue weighted by Gasteiger charge is -2.16. The second kappa shape index (κ2) is 7.92. The van der Waals surface area contributed by atoms with Gasteiger partial charge in [0.2, 0.25) is 5.91 Å². The third kappa shape index (κ3) is 5.34. The molecule has 1 aromatic carbocycles. The normalized spacial score (nSPS) is 12.7.